The molecule has 0 bridgehead atoms. The number of amides is 2. The third kappa shape index (κ3) is 5.75. The summed E-state index contributed by atoms with van der Waals surface area (Å²) in [7, 11) is 1.91. The van der Waals surface area contributed by atoms with Gasteiger partial charge in [0, 0.05) is 43.3 Å². The van der Waals surface area contributed by atoms with Crippen molar-refractivity contribution in [2.24, 2.45) is 0 Å². The third-order valence-electron chi connectivity index (χ3n) is 8.54. The molecule has 4 heterocycles. The van der Waals surface area contributed by atoms with Crippen molar-refractivity contribution in [3.63, 3.8) is 0 Å². The van der Waals surface area contributed by atoms with Crippen molar-refractivity contribution in [1.82, 2.24) is 13.9 Å². The topological polar surface area (TPSA) is 84.7 Å². The zero-order valence-electron chi connectivity index (χ0n) is 26.0. The van der Waals surface area contributed by atoms with Crippen molar-refractivity contribution in [3.05, 3.63) is 77.0 Å². The number of halogens is 1. The van der Waals surface area contributed by atoms with Gasteiger partial charge in [-0.25, -0.2) is 13.2 Å². The van der Waals surface area contributed by atoms with E-state index in [1.807, 2.05) is 93.3 Å². The Hall–Kier alpha value is -3.34. The number of aromatic nitrogens is 2. The number of hydrogen-bond acceptors (Lipinski definition) is 5. The van der Waals surface area contributed by atoms with Crippen molar-refractivity contribution >= 4 is 56.0 Å². The lowest BCUT2D eigenvalue weighted by atomic mass is 9.76. The van der Waals surface area contributed by atoms with E-state index in [4.69, 9.17) is 9.72 Å². The number of hydrogen-bond donors (Lipinski definition) is 0. The second-order valence-corrected chi connectivity index (χ2v) is 14.5. The predicted molar refractivity (Wildman–Crippen MR) is 179 cm³/mol. The average molecular weight is 680 g/mol. The smallest absolute Gasteiger partial charge is 0.237 e. The highest BCUT2D eigenvalue weighted by atomic mass is 79.9. The van der Waals surface area contributed by atoms with Crippen molar-refractivity contribution < 1.29 is 18.5 Å². The number of benzene rings is 2. The number of nitrogens with zero attached hydrogens (tertiary/aromatic N) is 4. The Morgan fingerprint density at radius 2 is 1.73 bits per heavy atom. The monoisotopic (exact) mass is 678 g/mol. The Morgan fingerprint density at radius 1 is 1.11 bits per heavy atom. The fraction of sp³-hybridized carbons (Fsp3) is 0.382. The van der Waals surface area contributed by atoms with E-state index in [9.17, 15) is 13.8 Å². The third-order valence-corrected chi connectivity index (χ3v) is 10.9. The molecular formula is C34H39BrN4O4S. The Balaban J connectivity index is 0.000000584. The normalized spacial score (nSPS) is 20.4. The largest absolute Gasteiger partial charge is 0.379 e. The van der Waals surface area contributed by atoms with E-state index in [2.05, 4.69) is 15.9 Å². The molecule has 4 aromatic rings. The molecule has 3 unspecified atom stereocenters. The van der Waals surface area contributed by atoms with Gasteiger partial charge in [-0.3, -0.25) is 9.59 Å². The SMILES string of the molecule is CN1C(=O)C(C)(CC2CCCN2C=O)c2c1cnc1c2c(-c2ccccc2)c(Br)n1S(=O)c1ccccc1.COC(C)(C)C. The highest BCUT2D eigenvalue weighted by Gasteiger charge is 2.50. The second kappa shape index (κ2) is 12.6. The summed E-state index contributed by atoms with van der Waals surface area (Å²) in [4.78, 5) is 34.6. The van der Waals surface area contributed by atoms with Crippen LogP contribution in [0.25, 0.3) is 22.2 Å². The number of carbonyl (C=O) groups excluding carboxylic acids is 2. The van der Waals surface area contributed by atoms with Crippen LogP contribution in [0.5, 0.6) is 0 Å². The van der Waals surface area contributed by atoms with Gasteiger partial charge in [0.1, 0.15) is 4.60 Å². The number of methoxy groups -OCH3 is 1. The maximum Gasteiger partial charge on any atom is 0.237 e. The molecule has 1 saturated heterocycles. The van der Waals surface area contributed by atoms with Gasteiger partial charge in [-0.05, 0) is 80.6 Å². The molecule has 0 N–H and O–H groups in total. The standard InChI is InChI=1S/C29H27BrN4O3S.C5H12O/c1-29(16-20-12-9-15-33(20)18-35)25-22(32(2)28(29)36)17-31-27-24(25)23(19-10-5-3-6-11-19)26(30)34(27)38(37)21-13-7-4-8-14-21;1-5(2,3)6-4/h3-8,10-11,13-14,17-18,20H,9,12,15-16H2,1-2H3;1-4H3. The van der Waals surface area contributed by atoms with Crippen molar-refractivity contribution in [3.8, 4) is 11.1 Å². The maximum absolute atomic E-state index is 14.0. The second-order valence-electron chi connectivity index (χ2n) is 12.5. The first kappa shape index (κ1) is 32.1. The first-order chi connectivity index (χ1) is 20.9. The van der Waals surface area contributed by atoms with Crippen molar-refractivity contribution in [2.45, 2.75) is 68.9 Å². The minimum absolute atomic E-state index is 0.0202. The number of likely N-dealkylation sites (N-methyl/N-ethyl adjacent to an activating group) is 1. The van der Waals surface area contributed by atoms with Gasteiger partial charge in [0.15, 0.2) is 16.6 Å². The molecule has 8 nitrogen and oxygen atoms in total. The number of carbonyl (C=O) groups is 2. The molecule has 2 aliphatic rings. The van der Waals surface area contributed by atoms with Gasteiger partial charge in [0.05, 0.1) is 27.8 Å². The number of rotatable bonds is 6. The first-order valence-corrected chi connectivity index (χ1v) is 16.6. The molecule has 6 rings (SSSR count). The van der Waals surface area contributed by atoms with Gasteiger partial charge in [0.25, 0.3) is 0 Å². The highest BCUT2D eigenvalue weighted by molar-refractivity contribution is 9.10. The number of anilines is 1. The van der Waals surface area contributed by atoms with Crippen LogP contribution in [0.15, 0.2) is 76.4 Å². The molecule has 2 aromatic carbocycles. The minimum Gasteiger partial charge on any atom is -0.379 e. The molecule has 2 aromatic heterocycles. The fourth-order valence-corrected chi connectivity index (χ4v) is 8.24. The van der Waals surface area contributed by atoms with Crippen LogP contribution in [-0.4, -0.2) is 62.7 Å². The Bertz CT molecular complexity index is 1700. The van der Waals surface area contributed by atoms with Crippen LogP contribution in [0.4, 0.5) is 5.69 Å². The van der Waals surface area contributed by atoms with E-state index in [1.165, 1.54) is 0 Å². The van der Waals surface area contributed by atoms with E-state index in [-0.39, 0.29) is 17.6 Å². The predicted octanol–water partition coefficient (Wildman–Crippen LogP) is 6.71. The lowest BCUT2D eigenvalue weighted by Crippen LogP contribution is -2.42. The summed E-state index contributed by atoms with van der Waals surface area (Å²) in [5.74, 6) is -0.0217. The van der Waals surface area contributed by atoms with Gasteiger partial charge in [-0.2, -0.15) is 0 Å². The average Bonchev–Trinajstić information content (AvgIpc) is 3.65. The van der Waals surface area contributed by atoms with Crippen LogP contribution in [-0.2, 0) is 30.7 Å². The van der Waals surface area contributed by atoms with Gasteiger partial charge in [-0.1, -0.05) is 48.5 Å². The molecule has 0 spiro atoms. The molecule has 0 radical (unpaired) electrons. The first-order valence-electron chi connectivity index (χ1n) is 14.7. The summed E-state index contributed by atoms with van der Waals surface area (Å²) in [6.45, 7) is 8.75. The molecule has 3 atom stereocenters. The van der Waals surface area contributed by atoms with Crippen molar-refractivity contribution in [1.29, 1.82) is 0 Å². The zero-order chi connectivity index (χ0) is 31.8. The highest BCUT2D eigenvalue weighted by Crippen LogP contribution is 2.52. The summed E-state index contributed by atoms with van der Waals surface area (Å²) < 4.78 is 21.2. The minimum atomic E-state index is -1.58. The molecule has 232 valence electrons. The van der Waals surface area contributed by atoms with Gasteiger partial charge in [-0.15, -0.1) is 0 Å². The van der Waals surface area contributed by atoms with E-state index in [1.54, 1.807) is 29.2 Å². The quantitative estimate of drug-likeness (QED) is 0.212. The summed E-state index contributed by atoms with van der Waals surface area (Å²) in [6.07, 6.45) is 4.92. The van der Waals surface area contributed by atoms with Gasteiger partial charge < -0.3 is 14.5 Å². The fourth-order valence-electron chi connectivity index (χ4n) is 6.12. The number of pyridine rings is 1. The van der Waals surface area contributed by atoms with E-state index < -0.39 is 16.4 Å². The van der Waals surface area contributed by atoms with Crippen LogP contribution in [0.3, 0.4) is 0 Å². The summed E-state index contributed by atoms with van der Waals surface area (Å²) in [5, 5.41) is 0.806. The Labute approximate surface area is 270 Å². The molecule has 2 aliphatic heterocycles. The van der Waals surface area contributed by atoms with E-state index in [0.29, 0.717) is 28.1 Å². The zero-order valence-corrected chi connectivity index (χ0v) is 28.4. The van der Waals surface area contributed by atoms with Gasteiger partial charge >= 0.3 is 0 Å². The van der Waals surface area contributed by atoms with E-state index in [0.717, 1.165) is 47.0 Å². The molecule has 2 amide bonds. The van der Waals surface area contributed by atoms with E-state index >= 15 is 0 Å². The maximum atomic E-state index is 14.0. The molecule has 0 saturated carbocycles. The molecule has 1 fully saturated rings. The number of ether oxygens (including phenoxy) is 1. The molecule has 44 heavy (non-hydrogen) atoms. The lowest BCUT2D eigenvalue weighted by Gasteiger charge is -2.30. The van der Waals surface area contributed by atoms with Gasteiger partial charge in [0.2, 0.25) is 12.3 Å². The summed E-state index contributed by atoms with van der Waals surface area (Å²) >= 11 is 3.79. The number of likely N-dealkylation sites (tertiary alicyclic amines) is 1. The lowest BCUT2D eigenvalue weighted by molar-refractivity contribution is -0.124. The van der Waals surface area contributed by atoms with Crippen LogP contribution >= 0.6 is 15.9 Å². The summed E-state index contributed by atoms with van der Waals surface area (Å²) in [6, 6.07) is 19.2. The Kier molecular flexibility index (Phi) is 9.16. The van der Waals surface area contributed by atoms with Crippen molar-refractivity contribution in [2.75, 3.05) is 25.6 Å². The molecular weight excluding hydrogens is 640 g/mol. The van der Waals surface area contributed by atoms with Crippen LogP contribution in [0, 0.1) is 0 Å². The molecule has 0 aliphatic carbocycles. The van der Waals surface area contributed by atoms with Crippen LogP contribution < -0.4 is 4.90 Å². The van der Waals surface area contributed by atoms with Crippen LogP contribution in [0.2, 0.25) is 0 Å². The number of fused-ring (bicyclic) bond motifs is 3. The summed E-state index contributed by atoms with van der Waals surface area (Å²) in [5.41, 5.74) is 3.10. The Morgan fingerprint density at radius 3 is 2.32 bits per heavy atom. The van der Waals surface area contributed by atoms with Crippen LogP contribution in [0.1, 0.15) is 52.5 Å². The molecule has 10 heteroatoms.